The average molecular weight is 437 g/mol. The Hall–Kier alpha value is -3.11. The number of carbonyl (C=O) groups excluding carboxylic acids is 1. The fourth-order valence-electron chi connectivity index (χ4n) is 4.38. The normalized spacial score (nSPS) is 22.0. The Bertz CT molecular complexity index is 1060. The van der Waals surface area contributed by atoms with Crippen molar-refractivity contribution in [2.24, 2.45) is 0 Å². The van der Waals surface area contributed by atoms with Crippen molar-refractivity contribution in [2.45, 2.75) is 37.8 Å². The van der Waals surface area contributed by atoms with Crippen molar-refractivity contribution in [3.05, 3.63) is 36.5 Å². The first-order valence-corrected chi connectivity index (χ1v) is 11.2. The SMILES string of the molecule is O=C(CN1CCOCC1)NC1CCC(Nc2nccc(-n3nnc4ccccc43)n2)CC1. The third kappa shape index (κ3) is 4.86. The van der Waals surface area contributed by atoms with Gasteiger partial charge >= 0.3 is 0 Å². The highest BCUT2D eigenvalue weighted by Crippen LogP contribution is 2.22. The van der Waals surface area contributed by atoms with Crippen LogP contribution in [0.2, 0.25) is 0 Å². The minimum atomic E-state index is 0.111. The molecule has 0 atom stereocenters. The van der Waals surface area contributed by atoms with Crippen LogP contribution in [0.25, 0.3) is 16.9 Å². The van der Waals surface area contributed by atoms with E-state index in [9.17, 15) is 4.79 Å². The molecular weight excluding hydrogens is 408 g/mol. The van der Waals surface area contributed by atoms with Crippen molar-refractivity contribution in [3.8, 4) is 5.82 Å². The van der Waals surface area contributed by atoms with Crippen molar-refractivity contribution >= 4 is 22.9 Å². The molecule has 3 heterocycles. The van der Waals surface area contributed by atoms with Gasteiger partial charge in [0.25, 0.3) is 0 Å². The Morgan fingerprint density at radius 1 is 1.06 bits per heavy atom. The molecule has 3 aromatic rings. The van der Waals surface area contributed by atoms with Crippen molar-refractivity contribution < 1.29 is 9.53 Å². The van der Waals surface area contributed by atoms with Crippen molar-refractivity contribution in [3.63, 3.8) is 0 Å². The van der Waals surface area contributed by atoms with Gasteiger partial charge in [-0.05, 0) is 37.8 Å². The van der Waals surface area contributed by atoms with Crippen LogP contribution in [0.15, 0.2) is 36.5 Å². The van der Waals surface area contributed by atoms with Crippen LogP contribution in [0.1, 0.15) is 25.7 Å². The van der Waals surface area contributed by atoms with Gasteiger partial charge in [-0.25, -0.2) is 4.98 Å². The fourth-order valence-corrected chi connectivity index (χ4v) is 4.38. The van der Waals surface area contributed by atoms with Crippen molar-refractivity contribution in [1.82, 2.24) is 35.2 Å². The number of aromatic nitrogens is 5. The Kier molecular flexibility index (Phi) is 6.22. The molecular formula is C22H28N8O2. The molecule has 2 fully saturated rings. The minimum absolute atomic E-state index is 0.111. The zero-order valence-electron chi connectivity index (χ0n) is 18.0. The van der Waals surface area contributed by atoms with E-state index in [4.69, 9.17) is 4.74 Å². The quantitative estimate of drug-likeness (QED) is 0.596. The van der Waals surface area contributed by atoms with Gasteiger partial charge in [0, 0.05) is 37.4 Å². The van der Waals surface area contributed by atoms with Gasteiger partial charge in [0.15, 0.2) is 5.82 Å². The maximum Gasteiger partial charge on any atom is 0.234 e. The number of benzene rings is 1. The maximum absolute atomic E-state index is 12.4. The second-order valence-corrected chi connectivity index (χ2v) is 8.38. The average Bonchev–Trinajstić information content (AvgIpc) is 3.25. The Balaban J connectivity index is 1.14. The standard InChI is InChI=1S/C22H28N8O2/c31-21(15-29-11-13-32-14-12-29)24-16-5-7-17(8-6-16)25-22-23-10-9-20(26-22)30-19-4-2-1-3-18(19)27-28-30/h1-4,9-10,16-17H,5-8,11-15H2,(H,24,31)(H,23,25,26). The number of amides is 1. The lowest BCUT2D eigenvalue weighted by Gasteiger charge is -2.31. The fraction of sp³-hybridized carbons (Fsp3) is 0.500. The number of anilines is 1. The summed E-state index contributed by atoms with van der Waals surface area (Å²) in [5.74, 6) is 1.38. The Morgan fingerprint density at radius 3 is 2.69 bits per heavy atom. The van der Waals surface area contributed by atoms with Gasteiger partial charge in [-0.2, -0.15) is 9.67 Å². The third-order valence-electron chi connectivity index (χ3n) is 6.11. The lowest BCUT2D eigenvalue weighted by atomic mass is 9.91. The first kappa shape index (κ1) is 20.8. The van der Waals surface area contributed by atoms with Crippen LogP contribution in [0, 0.1) is 0 Å². The molecule has 0 unspecified atom stereocenters. The predicted molar refractivity (Wildman–Crippen MR) is 120 cm³/mol. The summed E-state index contributed by atoms with van der Waals surface area (Å²) in [7, 11) is 0. The van der Waals surface area contributed by atoms with Gasteiger partial charge in [-0.15, -0.1) is 5.10 Å². The van der Waals surface area contributed by atoms with E-state index < -0.39 is 0 Å². The molecule has 10 heteroatoms. The summed E-state index contributed by atoms with van der Waals surface area (Å²) >= 11 is 0. The second kappa shape index (κ2) is 9.58. The summed E-state index contributed by atoms with van der Waals surface area (Å²) in [5.41, 5.74) is 1.74. The molecule has 168 valence electrons. The molecule has 1 aromatic carbocycles. The lowest BCUT2D eigenvalue weighted by molar-refractivity contribution is -0.124. The maximum atomic E-state index is 12.4. The van der Waals surface area contributed by atoms with Gasteiger partial charge in [0.1, 0.15) is 5.52 Å². The number of fused-ring (bicyclic) bond motifs is 1. The van der Waals surface area contributed by atoms with Crippen LogP contribution >= 0.6 is 0 Å². The van der Waals surface area contributed by atoms with E-state index in [1.165, 1.54) is 0 Å². The summed E-state index contributed by atoms with van der Waals surface area (Å²) in [6.07, 6.45) is 5.54. The van der Waals surface area contributed by atoms with Crippen LogP contribution in [-0.2, 0) is 9.53 Å². The van der Waals surface area contributed by atoms with E-state index in [2.05, 4.69) is 35.8 Å². The summed E-state index contributed by atoms with van der Waals surface area (Å²) < 4.78 is 7.07. The summed E-state index contributed by atoms with van der Waals surface area (Å²) in [4.78, 5) is 23.5. The number of para-hydroxylation sites is 1. The number of hydrogen-bond donors (Lipinski definition) is 2. The van der Waals surface area contributed by atoms with E-state index in [0.29, 0.717) is 31.5 Å². The lowest BCUT2D eigenvalue weighted by Crippen LogP contribution is -2.47. The molecule has 1 amide bonds. The molecule has 0 bridgehead atoms. The van der Waals surface area contributed by atoms with Gasteiger partial charge in [0.05, 0.1) is 25.3 Å². The molecule has 2 aromatic heterocycles. The highest BCUT2D eigenvalue weighted by atomic mass is 16.5. The van der Waals surface area contributed by atoms with E-state index in [1.54, 1.807) is 10.9 Å². The first-order chi connectivity index (χ1) is 15.7. The second-order valence-electron chi connectivity index (χ2n) is 8.38. The molecule has 0 spiro atoms. The molecule has 32 heavy (non-hydrogen) atoms. The Morgan fingerprint density at radius 2 is 1.84 bits per heavy atom. The topological polar surface area (TPSA) is 110 Å². The molecule has 5 rings (SSSR count). The summed E-state index contributed by atoms with van der Waals surface area (Å²) in [5, 5.41) is 15.1. The van der Waals surface area contributed by atoms with Crippen LogP contribution in [0.5, 0.6) is 0 Å². The molecule has 10 nitrogen and oxygen atoms in total. The molecule has 2 aliphatic rings. The van der Waals surface area contributed by atoms with Crippen LogP contribution in [0.4, 0.5) is 5.95 Å². The van der Waals surface area contributed by atoms with Gasteiger partial charge in [0.2, 0.25) is 11.9 Å². The van der Waals surface area contributed by atoms with Crippen LogP contribution in [-0.4, -0.2) is 80.7 Å². The van der Waals surface area contributed by atoms with Gasteiger partial charge < -0.3 is 15.4 Å². The number of rotatable bonds is 6. The largest absolute Gasteiger partial charge is 0.379 e. The molecule has 1 aliphatic heterocycles. The zero-order valence-corrected chi connectivity index (χ0v) is 18.0. The number of ether oxygens (including phenoxy) is 1. The highest BCUT2D eigenvalue weighted by molar-refractivity contribution is 5.78. The van der Waals surface area contributed by atoms with E-state index >= 15 is 0 Å². The number of nitrogens with one attached hydrogen (secondary N) is 2. The predicted octanol–water partition coefficient (Wildman–Crippen LogP) is 1.38. The van der Waals surface area contributed by atoms with E-state index in [0.717, 1.165) is 49.8 Å². The monoisotopic (exact) mass is 436 g/mol. The molecule has 1 aliphatic carbocycles. The van der Waals surface area contributed by atoms with Crippen molar-refractivity contribution in [1.29, 1.82) is 0 Å². The number of hydrogen-bond acceptors (Lipinski definition) is 8. The number of nitrogens with zero attached hydrogens (tertiary/aromatic N) is 6. The molecule has 2 N–H and O–H groups in total. The van der Waals surface area contributed by atoms with Crippen LogP contribution in [0.3, 0.4) is 0 Å². The van der Waals surface area contributed by atoms with E-state index in [1.807, 2.05) is 30.3 Å². The molecule has 1 saturated carbocycles. The zero-order chi connectivity index (χ0) is 21.8. The third-order valence-corrected chi connectivity index (χ3v) is 6.11. The van der Waals surface area contributed by atoms with E-state index in [-0.39, 0.29) is 18.0 Å². The smallest absolute Gasteiger partial charge is 0.234 e. The van der Waals surface area contributed by atoms with Crippen LogP contribution < -0.4 is 10.6 Å². The number of carbonyl (C=O) groups is 1. The molecule has 0 radical (unpaired) electrons. The minimum Gasteiger partial charge on any atom is -0.379 e. The highest BCUT2D eigenvalue weighted by Gasteiger charge is 2.24. The summed E-state index contributed by atoms with van der Waals surface area (Å²) in [6.45, 7) is 3.53. The summed E-state index contributed by atoms with van der Waals surface area (Å²) in [6, 6.07) is 10.1. The molecule has 1 saturated heterocycles. The Labute approximate surface area is 186 Å². The van der Waals surface area contributed by atoms with Gasteiger partial charge in [-0.1, -0.05) is 17.3 Å². The van der Waals surface area contributed by atoms with Crippen molar-refractivity contribution in [2.75, 3.05) is 38.2 Å². The first-order valence-electron chi connectivity index (χ1n) is 11.2. The number of morpholine rings is 1. The van der Waals surface area contributed by atoms with Gasteiger partial charge in [-0.3, -0.25) is 9.69 Å².